The molecule has 1 rings (SSSR count). The Morgan fingerprint density at radius 2 is 1.74 bits per heavy atom. The summed E-state index contributed by atoms with van der Waals surface area (Å²) in [6.45, 7) is 5.02. The fraction of sp³-hybridized carbons (Fsp3) is 0.923. The normalized spacial score (nSPS) is 31.3. The third kappa shape index (κ3) is 4.33. The SMILES string of the molecule is CC(C)(C)OC(=O)N[C@@H]1C[C@H](CO)[C@H](CO)[C@H]1CO. The van der Waals surface area contributed by atoms with Crippen molar-refractivity contribution in [1.82, 2.24) is 5.32 Å². The van der Waals surface area contributed by atoms with Crippen molar-refractivity contribution in [2.75, 3.05) is 19.8 Å². The summed E-state index contributed by atoms with van der Waals surface area (Å²) in [4.78, 5) is 11.7. The van der Waals surface area contributed by atoms with E-state index in [4.69, 9.17) is 4.74 Å². The minimum atomic E-state index is -0.579. The fourth-order valence-corrected chi connectivity index (χ4v) is 2.71. The van der Waals surface area contributed by atoms with Gasteiger partial charge in [-0.1, -0.05) is 0 Å². The summed E-state index contributed by atoms with van der Waals surface area (Å²) in [6.07, 6.45) is -0.00197. The number of carbonyl (C=O) groups excluding carboxylic acids is 1. The first-order chi connectivity index (χ1) is 8.82. The van der Waals surface area contributed by atoms with Crippen LogP contribution in [0.25, 0.3) is 0 Å². The summed E-state index contributed by atoms with van der Waals surface area (Å²) in [5, 5.41) is 30.8. The number of nitrogens with one attached hydrogen (secondary N) is 1. The number of ether oxygens (including phenoxy) is 1. The Morgan fingerprint density at radius 1 is 1.16 bits per heavy atom. The molecule has 0 unspecified atom stereocenters. The van der Waals surface area contributed by atoms with Crippen molar-refractivity contribution in [2.45, 2.75) is 38.8 Å². The van der Waals surface area contributed by atoms with Crippen molar-refractivity contribution in [3.8, 4) is 0 Å². The molecule has 19 heavy (non-hydrogen) atoms. The van der Waals surface area contributed by atoms with Gasteiger partial charge in [0.15, 0.2) is 0 Å². The number of amides is 1. The van der Waals surface area contributed by atoms with Gasteiger partial charge >= 0.3 is 6.09 Å². The molecule has 1 aliphatic carbocycles. The Morgan fingerprint density at radius 3 is 2.16 bits per heavy atom. The molecule has 1 amide bonds. The first-order valence-corrected chi connectivity index (χ1v) is 6.64. The van der Waals surface area contributed by atoms with Crippen molar-refractivity contribution in [3.63, 3.8) is 0 Å². The molecule has 0 radical (unpaired) electrons. The lowest BCUT2D eigenvalue weighted by Crippen LogP contribution is -2.43. The lowest BCUT2D eigenvalue weighted by Gasteiger charge is -2.25. The van der Waals surface area contributed by atoms with Crippen LogP contribution in [0.15, 0.2) is 0 Å². The van der Waals surface area contributed by atoms with E-state index in [1.807, 2.05) is 0 Å². The zero-order chi connectivity index (χ0) is 14.6. The maximum Gasteiger partial charge on any atom is 0.407 e. The molecule has 0 spiro atoms. The molecule has 0 aromatic carbocycles. The van der Waals surface area contributed by atoms with Crippen LogP contribution in [0.1, 0.15) is 27.2 Å². The average molecular weight is 275 g/mol. The molecule has 0 saturated heterocycles. The van der Waals surface area contributed by atoms with Gasteiger partial charge in [-0.3, -0.25) is 0 Å². The number of rotatable bonds is 4. The predicted molar refractivity (Wildman–Crippen MR) is 69.5 cm³/mol. The van der Waals surface area contributed by atoms with Gasteiger partial charge in [-0.2, -0.15) is 0 Å². The topological polar surface area (TPSA) is 99.0 Å². The van der Waals surface area contributed by atoms with Gasteiger partial charge in [-0.25, -0.2) is 4.79 Å². The number of carbonyl (C=O) groups is 1. The van der Waals surface area contributed by atoms with Crippen LogP contribution in [0.2, 0.25) is 0 Å². The van der Waals surface area contributed by atoms with Gasteiger partial charge < -0.3 is 25.4 Å². The lowest BCUT2D eigenvalue weighted by atomic mass is 9.90. The largest absolute Gasteiger partial charge is 0.444 e. The van der Waals surface area contributed by atoms with Gasteiger partial charge in [-0.15, -0.1) is 0 Å². The minimum absolute atomic E-state index is 0.0613. The Bertz CT molecular complexity index is 302. The van der Waals surface area contributed by atoms with E-state index in [0.29, 0.717) is 6.42 Å². The van der Waals surface area contributed by atoms with Crippen molar-refractivity contribution in [2.24, 2.45) is 17.8 Å². The molecule has 0 heterocycles. The Hall–Kier alpha value is -0.850. The smallest absolute Gasteiger partial charge is 0.407 e. The van der Waals surface area contributed by atoms with Gasteiger partial charge in [0.05, 0.1) is 0 Å². The van der Waals surface area contributed by atoms with Crippen molar-refractivity contribution >= 4 is 6.09 Å². The van der Waals surface area contributed by atoms with Crippen molar-refractivity contribution in [3.05, 3.63) is 0 Å². The summed E-state index contributed by atoms with van der Waals surface area (Å²) < 4.78 is 5.17. The zero-order valence-electron chi connectivity index (χ0n) is 11.8. The van der Waals surface area contributed by atoms with Crippen LogP contribution in [0.4, 0.5) is 4.79 Å². The molecule has 6 heteroatoms. The first-order valence-electron chi connectivity index (χ1n) is 6.64. The molecule has 4 atom stereocenters. The molecule has 1 saturated carbocycles. The van der Waals surface area contributed by atoms with Gasteiger partial charge in [0.25, 0.3) is 0 Å². The Balaban J connectivity index is 2.64. The van der Waals surface area contributed by atoms with E-state index in [-0.39, 0.29) is 43.6 Å². The molecule has 1 aliphatic rings. The summed E-state index contributed by atoms with van der Waals surface area (Å²) >= 11 is 0. The molecule has 0 aliphatic heterocycles. The summed E-state index contributed by atoms with van der Waals surface area (Å²) in [5.74, 6) is -0.563. The summed E-state index contributed by atoms with van der Waals surface area (Å²) in [5.41, 5.74) is -0.579. The molecule has 4 N–H and O–H groups in total. The fourth-order valence-electron chi connectivity index (χ4n) is 2.71. The molecule has 0 aromatic rings. The van der Waals surface area contributed by atoms with E-state index in [9.17, 15) is 20.1 Å². The van der Waals surface area contributed by atoms with E-state index in [2.05, 4.69) is 5.32 Å². The Kier molecular flexibility index (Phi) is 5.58. The van der Waals surface area contributed by atoms with Crippen LogP contribution < -0.4 is 5.32 Å². The van der Waals surface area contributed by atoms with Crippen molar-refractivity contribution < 1.29 is 24.9 Å². The number of hydrogen-bond acceptors (Lipinski definition) is 5. The van der Waals surface area contributed by atoms with E-state index in [1.54, 1.807) is 20.8 Å². The molecular formula is C13H25NO5. The highest BCUT2D eigenvalue weighted by molar-refractivity contribution is 5.68. The van der Waals surface area contributed by atoms with Crippen LogP contribution in [0, 0.1) is 17.8 Å². The second-order valence-electron chi connectivity index (χ2n) is 6.12. The maximum atomic E-state index is 11.7. The molecule has 0 bridgehead atoms. The molecule has 0 aromatic heterocycles. The zero-order valence-corrected chi connectivity index (χ0v) is 11.8. The van der Waals surface area contributed by atoms with E-state index >= 15 is 0 Å². The van der Waals surface area contributed by atoms with Crippen LogP contribution in [0.5, 0.6) is 0 Å². The van der Waals surface area contributed by atoms with E-state index in [0.717, 1.165) is 0 Å². The third-order valence-corrected chi connectivity index (χ3v) is 3.59. The van der Waals surface area contributed by atoms with Crippen LogP contribution in [-0.2, 0) is 4.74 Å². The second-order valence-corrected chi connectivity index (χ2v) is 6.12. The molecule has 1 fully saturated rings. The highest BCUT2D eigenvalue weighted by Crippen LogP contribution is 2.36. The number of aliphatic hydroxyl groups is 3. The van der Waals surface area contributed by atoms with Gasteiger partial charge in [-0.05, 0) is 39.0 Å². The van der Waals surface area contributed by atoms with E-state index in [1.165, 1.54) is 0 Å². The summed E-state index contributed by atoms with van der Waals surface area (Å²) in [7, 11) is 0. The highest BCUT2D eigenvalue weighted by atomic mass is 16.6. The Labute approximate surface area is 113 Å². The number of aliphatic hydroxyl groups excluding tert-OH is 3. The third-order valence-electron chi connectivity index (χ3n) is 3.59. The molecule has 6 nitrogen and oxygen atoms in total. The highest BCUT2D eigenvalue weighted by Gasteiger charge is 2.43. The molecule has 112 valence electrons. The van der Waals surface area contributed by atoms with Crippen LogP contribution in [-0.4, -0.2) is 52.9 Å². The van der Waals surface area contributed by atoms with Gasteiger partial charge in [0, 0.05) is 31.8 Å². The van der Waals surface area contributed by atoms with Crippen molar-refractivity contribution in [1.29, 1.82) is 0 Å². The quantitative estimate of drug-likeness (QED) is 0.583. The van der Waals surface area contributed by atoms with Crippen LogP contribution in [0.3, 0.4) is 0 Å². The standard InChI is InChI=1S/C13H25NO5/c1-13(2,3)19-12(18)14-11-4-8(5-15)9(6-16)10(11)7-17/h8-11,15-17H,4-7H2,1-3H3,(H,14,18)/t8-,9+,10-,11-/m1/s1. The van der Waals surface area contributed by atoms with E-state index < -0.39 is 11.7 Å². The lowest BCUT2D eigenvalue weighted by molar-refractivity contribution is 0.0459. The van der Waals surface area contributed by atoms with Gasteiger partial charge in [0.1, 0.15) is 5.60 Å². The monoisotopic (exact) mass is 275 g/mol. The van der Waals surface area contributed by atoms with Crippen LogP contribution >= 0.6 is 0 Å². The number of hydrogen-bond donors (Lipinski definition) is 4. The maximum absolute atomic E-state index is 11.7. The molecular weight excluding hydrogens is 250 g/mol. The first kappa shape index (κ1) is 16.2. The van der Waals surface area contributed by atoms with Gasteiger partial charge in [0.2, 0.25) is 0 Å². The summed E-state index contributed by atoms with van der Waals surface area (Å²) in [6, 6.07) is -0.283. The minimum Gasteiger partial charge on any atom is -0.444 e. The number of alkyl carbamates (subject to hydrolysis) is 1. The second kappa shape index (κ2) is 6.54. The predicted octanol–water partition coefficient (Wildman–Crippen LogP) is 0.109. The average Bonchev–Trinajstić information content (AvgIpc) is 2.62.